The lowest BCUT2D eigenvalue weighted by Gasteiger charge is -2.22. The number of nitrogens with zero attached hydrogens (tertiary/aromatic N) is 1. The predicted octanol–water partition coefficient (Wildman–Crippen LogP) is 2.95. The number of rotatable bonds is 6. The smallest absolute Gasteiger partial charge is 0.325 e. The van der Waals surface area contributed by atoms with Crippen molar-refractivity contribution in [2.45, 2.75) is 18.5 Å². The van der Waals surface area contributed by atoms with E-state index in [4.69, 9.17) is 4.42 Å². The van der Waals surface area contributed by atoms with Crippen LogP contribution in [0.1, 0.15) is 29.9 Å². The third kappa shape index (κ3) is 3.57. The van der Waals surface area contributed by atoms with E-state index in [0.717, 1.165) is 10.5 Å². The van der Waals surface area contributed by atoms with Gasteiger partial charge in [0.25, 0.3) is 5.91 Å². The van der Waals surface area contributed by atoms with Crippen molar-refractivity contribution in [2.75, 3.05) is 6.54 Å². The third-order valence-corrected chi connectivity index (χ3v) is 5.19. The number of carbonyl (C=O) groups excluding carboxylic acids is 3. The topological polar surface area (TPSA) is 91.7 Å². The first-order chi connectivity index (χ1) is 14.5. The first kappa shape index (κ1) is 19.4. The molecule has 0 bridgehead atoms. The number of hydrogen-bond acceptors (Lipinski definition) is 4. The number of furan rings is 1. The fourth-order valence-electron chi connectivity index (χ4n) is 3.58. The van der Waals surface area contributed by atoms with Crippen molar-refractivity contribution in [3.63, 3.8) is 0 Å². The van der Waals surface area contributed by atoms with Crippen LogP contribution in [0.4, 0.5) is 4.79 Å². The average Bonchev–Trinajstić information content (AvgIpc) is 3.37. The molecular weight excluding hydrogens is 382 g/mol. The SMILES string of the molecule is CC1(c2ccccc2)NC(=O)N(CC(=O)NC(c2ccccc2)c2ccco2)C1=O. The van der Waals surface area contributed by atoms with E-state index in [0.29, 0.717) is 11.3 Å². The summed E-state index contributed by atoms with van der Waals surface area (Å²) in [6, 6.07) is 20.7. The summed E-state index contributed by atoms with van der Waals surface area (Å²) >= 11 is 0. The van der Waals surface area contributed by atoms with Crippen molar-refractivity contribution in [3.8, 4) is 0 Å². The van der Waals surface area contributed by atoms with Crippen LogP contribution >= 0.6 is 0 Å². The van der Waals surface area contributed by atoms with E-state index >= 15 is 0 Å². The summed E-state index contributed by atoms with van der Waals surface area (Å²) in [5, 5.41) is 5.57. The average molecular weight is 403 g/mol. The third-order valence-electron chi connectivity index (χ3n) is 5.19. The summed E-state index contributed by atoms with van der Waals surface area (Å²) in [6.07, 6.45) is 1.53. The van der Waals surface area contributed by atoms with Crippen LogP contribution in [0.3, 0.4) is 0 Å². The van der Waals surface area contributed by atoms with Gasteiger partial charge in [-0.05, 0) is 30.2 Å². The fraction of sp³-hybridized carbons (Fsp3) is 0.174. The summed E-state index contributed by atoms with van der Waals surface area (Å²) in [4.78, 5) is 39.2. The lowest BCUT2D eigenvalue weighted by Crippen LogP contribution is -2.44. The predicted molar refractivity (Wildman–Crippen MR) is 109 cm³/mol. The molecule has 1 saturated heterocycles. The summed E-state index contributed by atoms with van der Waals surface area (Å²) in [5.41, 5.74) is 0.273. The Morgan fingerprint density at radius 2 is 1.70 bits per heavy atom. The molecule has 4 amide bonds. The molecule has 0 radical (unpaired) electrons. The van der Waals surface area contributed by atoms with E-state index in [9.17, 15) is 14.4 Å². The van der Waals surface area contributed by atoms with Gasteiger partial charge in [0.1, 0.15) is 23.9 Å². The number of amides is 4. The number of imide groups is 1. The van der Waals surface area contributed by atoms with Gasteiger partial charge in [0.2, 0.25) is 5.91 Å². The summed E-state index contributed by atoms with van der Waals surface area (Å²) in [5.74, 6) is -0.384. The highest BCUT2D eigenvalue weighted by Gasteiger charge is 2.49. The van der Waals surface area contributed by atoms with E-state index in [2.05, 4.69) is 10.6 Å². The van der Waals surface area contributed by atoms with Crippen molar-refractivity contribution >= 4 is 17.8 Å². The molecule has 2 aromatic carbocycles. The molecule has 2 heterocycles. The Labute approximate surface area is 173 Å². The van der Waals surface area contributed by atoms with E-state index in [-0.39, 0.29) is 0 Å². The van der Waals surface area contributed by atoms with Gasteiger partial charge in [-0.15, -0.1) is 0 Å². The van der Waals surface area contributed by atoms with Crippen molar-refractivity contribution in [3.05, 3.63) is 95.9 Å². The maximum atomic E-state index is 13.0. The van der Waals surface area contributed by atoms with Crippen LogP contribution in [0.5, 0.6) is 0 Å². The molecule has 1 aliphatic heterocycles. The molecule has 0 saturated carbocycles. The van der Waals surface area contributed by atoms with Crippen molar-refractivity contribution < 1.29 is 18.8 Å². The zero-order valence-electron chi connectivity index (χ0n) is 16.4. The monoisotopic (exact) mass is 403 g/mol. The first-order valence-electron chi connectivity index (χ1n) is 9.56. The zero-order chi connectivity index (χ0) is 21.1. The molecule has 2 unspecified atom stereocenters. The summed E-state index contributed by atoms with van der Waals surface area (Å²) in [6.45, 7) is 1.24. The van der Waals surface area contributed by atoms with Crippen LogP contribution in [0.2, 0.25) is 0 Å². The Morgan fingerprint density at radius 3 is 2.33 bits per heavy atom. The van der Waals surface area contributed by atoms with Gasteiger partial charge in [0.05, 0.1) is 6.26 Å². The van der Waals surface area contributed by atoms with Gasteiger partial charge in [-0.1, -0.05) is 60.7 Å². The highest BCUT2D eigenvalue weighted by atomic mass is 16.3. The Bertz CT molecular complexity index is 1050. The van der Waals surface area contributed by atoms with E-state index < -0.39 is 36.0 Å². The molecule has 7 nitrogen and oxygen atoms in total. The highest BCUT2D eigenvalue weighted by molar-refractivity contribution is 6.09. The van der Waals surface area contributed by atoms with Gasteiger partial charge < -0.3 is 15.1 Å². The maximum Gasteiger partial charge on any atom is 0.325 e. The Balaban J connectivity index is 1.52. The van der Waals surface area contributed by atoms with Gasteiger partial charge >= 0.3 is 6.03 Å². The first-order valence-corrected chi connectivity index (χ1v) is 9.56. The minimum Gasteiger partial charge on any atom is -0.467 e. The van der Waals surface area contributed by atoms with Gasteiger partial charge in [-0.2, -0.15) is 0 Å². The second-order valence-electron chi connectivity index (χ2n) is 7.24. The molecule has 2 atom stereocenters. The number of benzene rings is 2. The quantitative estimate of drug-likeness (QED) is 0.619. The van der Waals surface area contributed by atoms with E-state index in [1.54, 1.807) is 43.3 Å². The molecule has 30 heavy (non-hydrogen) atoms. The van der Waals surface area contributed by atoms with Crippen LogP contribution in [-0.2, 0) is 15.1 Å². The molecule has 7 heteroatoms. The van der Waals surface area contributed by atoms with Gasteiger partial charge in [0, 0.05) is 0 Å². The molecule has 152 valence electrons. The van der Waals surface area contributed by atoms with Gasteiger partial charge in [-0.25, -0.2) is 4.79 Å². The summed E-state index contributed by atoms with van der Waals surface area (Å²) in [7, 11) is 0. The molecule has 0 spiro atoms. The van der Waals surface area contributed by atoms with Crippen LogP contribution in [-0.4, -0.2) is 29.3 Å². The maximum absolute atomic E-state index is 13.0. The van der Waals surface area contributed by atoms with Crippen molar-refractivity contribution in [1.29, 1.82) is 0 Å². The minimum absolute atomic E-state index is 0.392. The summed E-state index contributed by atoms with van der Waals surface area (Å²) < 4.78 is 5.48. The van der Waals surface area contributed by atoms with Crippen LogP contribution < -0.4 is 10.6 Å². The number of nitrogens with one attached hydrogen (secondary N) is 2. The van der Waals surface area contributed by atoms with Crippen molar-refractivity contribution in [2.24, 2.45) is 0 Å². The minimum atomic E-state index is -1.21. The second kappa shape index (κ2) is 7.87. The lowest BCUT2D eigenvalue weighted by atomic mass is 9.92. The van der Waals surface area contributed by atoms with Gasteiger partial charge in [-0.3, -0.25) is 14.5 Å². The zero-order valence-corrected chi connectivity index (χ0v) is 16.4. The second-order valence-corrected chi connectivity index (χ2v) is 7.24. The molecule has 1 fully saturated rings. The highest BCUT2D eigenvalue weighted by Crippen LogP contribution is 2.28. The standard InChI is InChI=1S/C23H21N3O4/c1-23(17-11-6-3-7-12-17)21(28)26(22(29)25-23)15-19(27)24-20(18-13-8-14-30-18)16-9-4-2-5-10-16/h2-14,20H,15H2,1H3,(H,24,27)(H,25,29). The van der Waals surface area contributed by atoms with E-state index in [1.165, 1.54) is 6.26 Å². The molecule has 1 aliphatic rings. The Kier molecular flexibility index (Phi) is 5.10. The number of hydrogen-bond donors (Lipinski definition) is 2. The molecule has 0 aliphatic carbocycles. The fourth-order valence-corrected chi connectivity index (χ4v) is 3.58. The van der Waals surface area contributed by atoms with Crippen LogP contribution in [0.15, 0.2) is 83.5 Å². The largest absolute Gasteiger partial charge is 0.467 e. The number of urea groups is 1. The lowest BCUT2D eigenvalue weighted by molar-refractivity contribution is -0.135. The number of carbonyl (C=O) groups is 3. The molecule has 2 N–H and O–H groups in total. The molecular formula is C23H21N3O4. The molecule has 3 aromatic rings. The Morgan fingerprint density at radius 1 is 1.03 bits per heavy atom. The Hall–Kier alpha value is -3.87. The molecule has 1 aromatic heterocycles. The van der Waals surface area contributed by atoms with Crippen molar-refractivity contribution in [1.82, 2.24) is 15.5 Å². The van der Waals surface area contributed by atoms with Crippen LogP contribution in [0.25, 0.3) is 0 Å². The van der Waals surface area contributed by atoms with Gasteiger partial charge in [0.15, 0.2) is 0 Å². The van der Waals surface area contributed by atoms with Crippen LogP contribution in [0, 0.1) is 0 Å². The normalized spacial score (nSPS) is 19.4. The van der Waals surface area contributed by atoms with E-state index in [1.807, 2.05) is 36.4 Å². The molecule has 4 rings (SSSR count).